The van der Waals surface area contributed by atoms with E-state index in [0.717, 1.165) is 12.3 Å². The first-order valence-electron chi connectivity index (χ1n) is 6.52. The van der Waals surface area contributed by atoms with E-state index in [0.29, 0.717) is 11.3 Å². The molecule has 2 aromatic rings. The monoisotopic (exact) mass is 313 g/mol. The van der Waals surface area contributed by atoms with Crippen molar-refractivity contribution in [3.05, 3.63) is 41.3 Å². The fourth-order valence-corrected chi connectivity index (χ4v) is 2.01. The van der Waals surface area contributed by atoms with Gasteiger partial charge in [0, 0.05) is 18.0 Å². The number of alkyl halides is 3. The molecule has 0 aliphatic heterocycles. The molecule has 0 atom stereocenters. The van der Waals surface area contributed by atoms with E-state index < -0.39 is 17.7 Å². The van der Waals surface area contributed by atoms with Crippen molar-refractivity contribution in [3.63, 3.8) is 0 Å². The predicted octanol–water partition coefficient (Wildman–Crippen LogP) is 3.04. The molecule has 0 aliphatic rings. The Balaban J connectivity index is 2.38. The number of aromatic nitrogens is 3. The van der Waals surface area contributed by atoms with Gasteiger partial charge in [-0.15, -0.1) is 0 Å². The largest absolute Gasteiger partial charge is 0.481 e. The van der Waals surface area contributed by atoms with Gasteiger partial charge in [0.1, 0.15) is 0 Å². The smallest absolute Gasteiger partial charge is 0.417 e. The zero-order chi connectivity index (χ0) is 16.5. The number of pyridine rings is 1. The van der Waals surface area contributed by atoms with E-state index in [1.165, 1.54) is 16.9 Å². The van der Waals surface area contributed by atoms with Crippen LogP contribution in [-0.4, -0.2) is 25.8 Å². The molecule has 2 heterocycles. The van der Waals surface area contributed by atoms with Crippen LogP contribution in [0.3, 0.4) is 0 Å². The Morgan fingerprint density at radius 3 is 2.50 bits per heavy atom. The van der Waals surface area contributed by atoms with E-state index in [2.05, 4.69) is 10.1 Å². The second kappa shape index (κ2) is 5.78. The van der Waals surface area contributed by atoms with Crippen LogP contribution < -0.4 is 0 Å². The van der Waals surface area contributed by atoms with Gasteiger partial charge in [-0.25, -0.2) is 9.67 Å². The summed E-state index contributed by atoms with van der Waals surface area (Å²) in [5.74, 6) is -0.807. The van der Waals surface area contributed by atoms with Crippen molar-refractivity contribution < 1.29 is 23.1 Å². The summed E-state index contributed by atoms with van der Waals surface area (Å²) in [6.07, 6.45) is -2.44. The van der Waals surface area contributed by atoms with E-state index in [4.69, 9.17) is 5.11 Å². The molecule has 0 aromatic carbocycles. The standard InChI is InChI=1S/C14H14F3N3O2/c1-8(2)13-9(5-12(21)22)7-20(19-13)11-4-3-10(6-18-11)14(15,16)17/h3-4,6-8H,5H2,1-2H3,(H,21,22). The highest BCUT2D eigenvalue weighted by Gasteiger charge is 2.30. The van der Waals surface area contributed by atoms with Gasteiger partial charge in [-0.3, -0.25) is 4.79 Å². The van der Waals surface area contributed by atoms with Crippen LogP contribution in [0.25, 0.3) is 5.82 Å². The molecule has 0 spiro atoms. The Labute approximate surface area is 124 Å². The highest BCUT2D eigenvalue weighted by Crippen LogP contribution is 2.29. The molecule has 2 aromatic heterocycles. The molecule has 0 fully saturated rings. The topological polar surface area (TPSA) is 68.0 Å². The van der Waals surface area contributed by atoms with Gasteiger partial charge in [-0.1, -0.05) is 13.8 Å². The molecule has 1 N–H and O–H groups in total. The minimum absolute atomic E-state index is 0.00921. The average Bonchev–Trinajstić information content (AvgIpc) is 2.81. The van der Waals surface area contributed by atoms with Gasteiger partial charge in [-0.2, -0.15) is 18.3 Å². The fraction of sp³-hybridized carbons (Fsp3) is 0.357. The number of carbonyl (C=O) groups is 1. The minimum Gasteiger partial charge on any atom is -0.481 e. The Kier molecular flexibility index (Phi) is 4.20. The van der Waals surface area contributed by atoms with E-state index in [1.807, 2.05) is 13.8 Å². The van der Waals surface area contributed by atoms with Gasteiger partial charge in [0.05, 0.1) is 17.7 Å². The lowest BCUT2D eigenvalue weighted by Crippen LogP contribution is -2.07. The van der Waals surface area contributed by atoms with Gasteiger partial charge < -0.3 is 5.11 Å². The number of rotatable bonds is 4. The van der Waals surface area contributed by atoms with Crippen molar-refractivity contribution in [2.45, 2.75) is 32.4 Å². The Hall–Kier alpha value is -2.38. The molecule has 0 unspecified atom stereocenters. The third-order valence-corrected chi connectivity index (χ3v) is 3.02. The van der Waals surface area contributed by atoms with E-state index in [-0.39, 0.29) is 18.2 Å². The van der Waals surface area contributed by atoms with Crippen molar-refractivity contribution in [1.82, 2.24) is 14.8 Å². The number of hydrogen-bond acceptors (Lipinski definition) is 3. The Morgan fingerprint density at radius 1 is 1.36 bits per heavy atom. The summed E-state index contributed by atoms with van der Waals surface area (Å²) in [5.41, 5.74) is 0.256. The summed E-state index contributed by atoms with van der Waals surface area (Å²) >= 11 is 0. The molecule has 5 nitrogen and oxygen atoms in total. The summed E-state index contributed by atoms with van der Waals surface area (Å²) < 4.78 is 38.8. The summed E-state index contributed by atoms with van der Waals surface area (Å²) in [7, 11) is 0. The maximum absolute atomic E-state index is 12.5. The van der Waals surface area contributed by atoms with Gasteiger partial charge in [0.2, 0.25) is 0 Å². The van der Waals surface area contributed by atoms with Crippen molar-refractivity contribution in [1.29, 1.82) is 0 Å². The van der Waals surface area contributed by atoms with E-state index >= 15 is 0 Å². The van der Waals surface area contributed by atoms with Crippen LogP contribution in [0.15, 0.2) is 24.5 Å². The van der Waals surface area contributed by atoms with Crippen LogP contribution in [0, 0.1) is 0 Å². The molecular weight excluding hydrogens is 299 g/mol. The molecular formula is C14H14F3N3O2. The first kappa shape index (κ1) is 16.0. The number of carboxylic acids is 1. The first-order chi connectivity index (χ1) is 10.2. The molecule has 8 heteroatoms. The molecule has 0 bridgehead atoms. The normalized spacial score (nSPS) is 11.9. The summed E-state index contributed by atoms with van der Waals surface area (Å²) in [5, 5.41) is 13.1. The second-order valence-electron chi connectivity index (χ2n) is 5.11. The maximum Gasteiger partial charge on any atom is 0.417 e. The second-order valence-corrected chi connectivity index (χ2v) is 5.11. The molecule has 0 saturated heterocycles. The van der Waals surface area contributed by atoms with Crippen LogP contribution in [0.1, 0.15) is 36.6 Å². The van der Waals surface area contributed by atoms with E-state index in [1.54, 1.807) is 0 Å². The van der Waals surface area contributed by atoms with Gasteiger partial charge in [0.25, 0.3) is 0 Å². The molecule has 0 amide bonds. The number of hydrogen-bond donors (Lipinski definition) is 1. The number of carboxylic acid groups (broad SMARTS) is 1. The molecule has 0 saturated carbocycles. The minimum atomic E-state index is -4.45. The van der Waals surface area contributed by atoms with Crippen molar-refractivity contribution in [3.8, 4) is 5.82 Å². The molecule has 2 rings (SSSR count). The quantitative estimate of drug-likeness (QED) is 0.942. The fourth-order valence-electron chi connectivity index (χ4n) is 2.01. The van der Waals surface area contributed by atoms with Crippen LogP contribution in [0.5, 0.6) is 0 Å². The molecule has 0 aliphatic carbocycles. The number of nitrogens with zero attached hydrogens (tertiary/aromatic N) is 3. The highest BCUT2D eigenvalue weighted by molar-refractivity contribution is 5.70. The third-order valence-electron chi connectivity index (χ3n) is 3.02. The zero-order valence-electron chi connectivity index (χ0n) is 11.9. The first-order valence-corrected chi connectivity index (χ1v) is 6.52. The van der Waals surface area contributed by atoms with Gasteiger partial charge in [0.15, 0.2) is 5.82 Å². The van der Waals surface area contributed by atoms with E-state index in [9.17, 15) is 18.0 Å². The predicted molar refractivity (Wildman–Crippen MR) is 71.8 cm³/mol. The summed E-state index contributed by atoms with van der Waals surface area (Å²) in [6, 6.07) is 2.11. The lowest BCUT2D eigenvalue weighted by Gasteiger charge is -2.06. The molecule has 22 heavy (non-hydrogen) atoms. The third kappa shape index (κ3) is 3.44. The van der Waals surface area contributed by atoms with Crippen molar-refractivity contribution in [2.24, 2.45) is 0 Å². The summed E-state index contributed by atoms with van der Waals surface area (Å²) in [6.45, 7) is 3.72. The zero-order valence-corrected chi connectivity index (χ0v) is 11.9. The van der Waals surface area contributed by atoms with Gasteiger partial charge in [-0.05, 0) is 18.1 Å². The average molecular weight is 313 g/mol. The van der Waals surface area contributed by atoms with Crippen molar-refractivity contribution >= 4 is 5.97 Å². The lowest BCUT2D eigenvalue weighted by molar-refractivity contribution is -0.138. The van der Waals surface area contributed by atoms with Crippen LogP contribution >= 0.6 is 0 Å². The summed E-state index contributed by atoms with van der Waals surface area (Å²) in [4.78, 5) is 14.6. The van der Waals surface area contributed by atoms with Crippen LogP contribution in [-0.2, 0) is 17.4 Å². The number of aliphatic carboxylic acids is 1. The SMILES string of the molecule is CC(C)c1nn(-c2ccc(C(F)(F)F)cn2)cc1CC(=O)O. The molecule has 118 valence electrons. The number of halogens is 3. The lowest BCUT2D eigenvalue weighted by atomic mass is 10.0. The Bertz CT molecular complexity index is 676. The Morgan fingerprint density at radius 2 is 2.05 bits per heavy atom. The van der Waals surface area contributed by atoms with Crippen LogP contribution in [0.4, 0.5) is 13.2 Å². The highest BCUT2D eigenvalue weighted by atomic mass is 19.4. The maximum atomic E-state index is 12.5. The van der Waals surface area contributed by atoms with Crippen LogP contribution in [0.2, 0.25) is 0 Å². The molecule has 0 radical (unpaired) electrons. The van der Waals surface area contributed by atoms with Crippen molar-refractivity contribution in [2.75, 3.05) is 0 Å². The van der Waals surface area contributed by atoms with Gasteiger partial charge >= 0.3 is 12.1 Å².